The first-order valence-corrected chi connectivity index (χ1v) is 15.5. The van der Waals surface area contributed by atoms with E-state index in [2.05, 4.69) is 43.9 Å². The first-order chi connectivity index (χ1) is 22.0. The number of rotatable bonds is 11. The predicted octanol–water partition coefficient (Wildman–Crippen LogP) is 7.82. The Kier molecular flexibility index (Phi) is 10.5. The van der Waals surface area contributed by atoms with Gasteiger partial charge < -0.3 is 14.4 Å². The summed E-state index contributed by atoms with van der Waals surface area (Å²) in [5.74, 6) is 1.83. The van der Waals surface area contributed by atoms with Crippen molar-refractivity contribution in [2.75, 3.05) is 31.0 Å². The number of hydrogen-bond acceptors (Lipinski definition) is 7. The van der Waals surface area contributed by atoms with Gasteiger partial charge in [-0.15, -0.1) is 18.3 Å². The molecule has 0 amide bonds. The highest BCUT2D eigenvalue weighted by atomic mass is 32.2. The average molecular weight is 661 g/mol. The van der Waals surface area contributed by atoms with Gasteiger partial charge >= 0.3 is 6.36 Å². The summed E-state index contributed by atoms with van der Waals surface area (Å²) in [5, 5.41) is 7.62. The molecule has 14 heteroatoms. The van der Waals surface area contributed by atoms with Crippen LogP contribution in [0.2, 0.25) is 0 Å². The molecule has 2 atom stereocenters. The van der Waals surface area contributed by atoms with E-state index < -0.39 is 18.8 Å². The largest absolute Gasteiger partial charge is 0.573 e. The molecule has 1 aromatic heterocycles. The van der Waals surface area contributed by atoms with Crippen LogP contribution in [0.1, 0.15) is 43.5 Å². The lowest BCUT2D eigenvalue weighted by Gasteiger charge is -2.32. The van der Waals surface area contributed by atoms with Crippen molar-refractivity contribution < 1.29 is 31.4 Å². The molecule has 46 heavy (non-hydrogen) atoms. The maximum absolute atomic E-state index is 15.1. The molecule has 4 aromatic rings. The molecule has 1 aliphatic heterocycles. The quantitative estimate of drug-likeness (QED) is 0.130. The fourth-order valence-corrected chi connectivity index (χ4v) is 5.85. The second kappa shape index (κ2) is 14.5. The van der Waals surface area contributed by atoms with Crippen LogP contribution in [0.25, 0.3) is 17.1 Å². The van der Waals surface area contributed by atoms with Crippen LogP contribution in [0.15, 0.2) is 78.0 Å². The highest BCUT2D eigenvalue weighted by Crippen LogP contribution is 2.35. The van der Waals surface area contributed by atoms with Gasteiger partial charge in [-0.2, -0.15) is 0 Å². The second-order valence-corrected chi connectivity index (χ2v) is 11.8. The van der Waals surface area contributed by atoms with E-state index >= 15 is 4.39 Å². The molecule has 1 aliphatic rings. The van der Waals surface area contributed by atoms with E-state index in [9.17, 15) is 17.6 Å². The summed E-state index contributed by atoms with van der Waals surface area (Å²) in [7, 11) is 1.62. The SMILES string of the molecule is COc1ccc(C(C)C)c(N2CCCSC2=NCNC(F)C(F)c2ccc(-c3ncn(-c4ccc(OC(F)(F)F)cc4)n3)cc2)c1. The minimum atomic E-state index is -4.79. The van der Waals surface area contributed by atoms with Gasteiger partial charge in [-0.05, 0) is 53.8 Å². The number of alkyl halides is 5. The molecule has 1 fully saturated rings. The molecule has 0 aliphatic carbocycles. The molecule has 3 aromatic carbocycles. The first kappa shape index (κ1) is 33.2. The molecule has 2 heterocycles. The van der Waals surface area contributed by atoms with Gasteiger partial charge in [0.25, 0.3) is 0 Å². The van der Waals surface area contributed by atoms with E-state index in [4.69, 9.17) is 4.74 Å². The van der Waals surface area contributed by atoms with Crippen molar-refractivity contribution in [3.63, 3.8) is 0 Å². The zero-order chi connectivity index (χ0) is 32.8. The molecule has 8 nitrogen and oxygen atoms in total. The number of nitrogens with zero attached hydrogens (tertiary/aromatic N) is 5. The molecule has 1 N–H and O–H groups in total. The minimum absolute atomic E-state index is 0.107. The number of ether oxygens (including phenoxy) is 2. The third-order valence-corrected chi connectivity index (χ3v) is 8.31. The highest BCUT2D eigenvalue weighted by Gasteiger charge is 2.31. The molecule has 0 bridgehead atoms. The van der Waals surface area contributed by atoms with Crippen molar-refractivity contribution in [1.29, 1.82) is 0 Å². The van der Waals surface area contributed by atoms with Gasteiger partial charge in [0.15, 0.2) is 23.5 Å². The third kappa shape index (κ3) is 8.15. The van der Waals surface area contributed by atoms with Crippen LogP contribution in [-0.4, -0.2) is 58.7 Å². The van der Waals surface area contributed by atoms with E-state index in [1.54, 1.807) is 31.0 Å². The number of hydrogen-bond donors (Lipinski definition) is 1. The number of anilines is 1. The number of aromatic nitrogens is 3. The standard InChI is InChI=1S/C32H33F5N6O2S/c1-20(2)26-14-13-25(44-3)17-27(26)42-15-4-16-46-31(42)39-18-38-29(34)28(33)21-5-7-22(8-6-21)30-40-19-43(41-30)23-9-11-24(12-10-23)45-32(35,36)37/h5-14,17,19-20,28-29,38H,4,15-16,18H2,1-3H3. The van der Waals surface area contributed by atoms with Gasteiger partial charge in [-0.1, -0.05) is 55.9 Å². The molecule has 2 unspecified atom stereocenters. The summed E-state index contributed by atoms with van der Waals surface area (Å²) >= 11 is 1.58. The van der Waals surface area contributed by atoms with Crippen LogP contribution >= 0.6 is 11.8 Å². The van der Waals surface area contributed by atoms with Gasteiger partial charge in [0, 0.05) is 29.6 Å². The summed E-state index contributed by atoms with van der Waals surface area (Å²) in [4.78, 5) is 10.9. The topological polar surface area (TPSA) is 76.8 Å². The van der Waals surface area contributed by atoms with Gasteiger partial charge in [0.2, 0.25) is 0 Å². The Morgan fingerprint density at radius 3 is 2.39 bits per heavy atom. The van der Waals surface area contributed by atoms with Crippen LogP contribution in [0, 0.1) is 0 Å². The minimum Gasteiger partial charge on any atom is -0.497 e. The average Bonchev–Trinajstić information content (AvgIpc) is 3.54. The van der Waals surface area contributed by atoms with E-state index in [0.717, 1.165) is 40.9 Å². The molecule has 1 saturated heterocycles. The van der Waals surface area contributed by atoms with E-state index in [1.807, 2.05) is 18.2 Å². The van der Waals surface area contributed by atoms with Gasteiger partial charge in [-0.25, -0.2) is 23.4 Å². The van der Waals surface area contributed by atoms with Crippen molar-refractivity contribution >= 4 is 22.6 Å². The van der Waals surface area contributed by atoms with Crippen LogP contribution in [-0.2, 0) is 0 Å². The number of nitrogens with one attached hydrogen (secondary N) is 1. The highest BCUT2D eigenvalue weighted by molar-refractivity contribution is 8.14. The van der Waals surface area contributed by atoms with Crippen LogP contribution < -0.4 is 19.7 Å². The Labute approximate surface area is 267 Å². The lowest BCUT2D eigenvalue weighted by atomic mass is 10.00. The van der Waals surface area contributed by atoms with Gasteiger partial charge in [0.1, 0.15) is 17.8 Å². The fraction of sp³-hybridized carbons (Fsp3) is 0.344. The van der Waals surface area contributed by atoms with Crippen molar-refractivity contribution in [1.82, 2.24) is 20.1 Å². The fourth-order valence-electron chi connectivity index (χ4n) is 4.90. The Morgan fingerprint density at radius 1 is 1.00 bits per heavy atom. The van der Waals surface area contributed by atoms with Crippen molar-refractivity contribution in [2.24, 2.45) is 4.99 Å². The molecular weight excluding hydrogens is 627 g/mol. The zero-order valence-corrected chi connectivity index (χ0v) is 26.2. The third-order valence-electron chi connectivity index (χ3n) is 7.21. The molecule has 244 valence electrons. The van der Waals surface area contributed by atoms with E-state index in [-0.39, 0.29) is 23.9 Å². The molecule has 5 rings (SSSR count). The summed E-state index contributed by atoms with van der Waals surface area (Å²) in [6.45, 7) is 4.89. The molecule has 0 saturated carbocycles. The van der Waals surface area contributed by atoms with Crippen molar-refractivity contribution in [3.8, 4) is 28.6 Å². The normalized spacial score (nSPS) is 16.1. The second-order valence-electron chi connectivity index (χ2n) is 10.7. The number of benzene rings is 3. The lowest BCUT2D eigenvalue weighted by Crippen LogP contribution is -2.36. The smallest absolute Gasteiger partial charge is 0.497 e. The van der Waals surface area contributed by atoms with E-state index in [1.165, 1.54) is 47.4 Å². The van der Waals surface area contributed by atoms with E-state index in [0.29, 0.717) is 17.1 Å². The number of methoxy groups -OCH3 is 1. The van der Waals surface area contributed by atoms with Gasteiger partial charge in [-0.3, -0.25) is 5.32 Å². The monoisotopic (exact) mass is 660 g/mol. The van der Waals surface area contributed by atoms with Crippen LogP contribution in [0.5, 0.6) is 11.5 Å². The zero-order valence-electron chi connectivity index (χ0n) is 25.3. The first-order valence-electron chi connectivity index (χ1n) is 14.5. The van der Waals surface area contributed by atoms with Gasteiger partial charge in [0.05, 0.1) is 19.5 Å². The maximum Gasteiger partial charge on any atom is 0.573 e. The number of halogens is 5. The predicted molar refractivity (Wildman–Crippen MR) is 169 cm³/mol. The number of aliphatic imine (C=N–C) groups is 1. The Balaban J connectivity index is 1.20. The summed E-state index contributed by atoms with van der Waals surface area (Å²) in [5.41, 5.74) is 3.28. The Bertz CT molecular complexity index is 1630. The summed E-state index contributed by atoms with van der Waals surface area (Å²) in [6, 6.07) is 17.2. The summed E-state index contributed by atoms with van der Waals surface area (Å²) in [6.07, 6.45) is -6.37. The van der Waals surface area contributed by atoms with Crippen molar-refractivity contribution in [3.05, 3.63) is 84.2 Å². The Morgan fingerprint density at radius 2 is 1.72 bits per heavy atom. The lowest BCUT2D eigenvalue weighted by molar-refractivity contribution is -0.274. The summed E-state index contributed by atoms with van der Waals surface area (Å²) < 4.78 is 78.0. The van der Waals surface area contributed by atoms with Crippen LogP contribution in [0.3, 0.4) is 0 Å². The molecular formula is C32H33F5N6O2S. The maximum atomic E-state index is 15.1. The molecule has 0 radical (unpaired) electrons. The Hall–Kier alpha value is -4.17. The van der Waals surface area contributed by atoms with Crippen molar-refractivity contribution in [2.45, 2.75) is 45.0 Å². The molecule has 0 spiro atoms. The van der Waals surface area contributed by atoms with Crippen LogP contribution in [0.4, 0.5) is 27.6 Å². The number of thioether (sulfide) groups is 1. The number of amidine groups is 1.